The Labute approximate surface area is 139 Å². The molecule has 2 heterocycles. The third-order valence-corrected chi connectivity index (χ3v) is 4.97. The summed E-state index contributed by atoms with van der Waals surface area (Å²) >= 11 is 0. The number of hydrogen-bond acceptors (Lipinski definition) is 1. The first-order valence-electron chi connectivity index (χ1n) is 8.31. The third-order valence-electron chi connectivity index (χ3n) is 4.09. The summed E-state index contributed by atoms with van der Waals surface area (Å²) in [5.74, 6) is 3.48. The molecule has 1 aliphatic rings. The second kappa shape index (κ2) is 6.21. The number of hydrogen-bond donors (Lipinski definition) is 0. The first-order valence-corrected chi connectivity index (χ1v) is 11.8. The number of ketones is 1. The minimum atomic E-state index is -1.42. The van der Waals surface area contributed by atoms with Crippen LogP contribution in [0.1, 0.15) is 40.2 Å². The maximum absolute atomic E-state index is 12.9. The molecule has 0 radical (unpaired) electrons. The van der Waals surface area contributed by atoms with Crippen molar-refractivity contribution in [3.63, 3.8) is 0 Å². The van der Waals surface area contributed by atoms with Crippen molar-refractivity contribution in [2.45, 2.75) is 45.4 Å². The highest BCUT2D eigenvalue weighted by molar-refractivity contribution is 6.83. The van der Waals surface area contributed by atoms with Crippen LogP contribution in [0.4, 0.5) is 0 Å². The SMILES string of the molecule is C[Si](C)(C)C#Cc1cc(C(=O)c2ccccc2)n2c1CCCC2. The van der Waals surface area contributed by atoms with Gasteiger partial charge < -0.3 is 4.57 Å². The first-order chi connectivity index (χ1) is 11.0. The molecule has 1 aromatic carbocycles. The first kappa shape index (κ1) is 15.8. The van der Waals surface area contributed by atoms with Crippen molar-refractivity contribution in [3.05, 3.63) is 58.9 Å². The lowest BCUT2D eigenvalue weighted by atomic mass is 10.1. The zero-order valence-electron chi connectivity index (χ0n) is 14.1. The number of rotatable bonds is 2. The molecule has 0 saturated heterocycles. The monoisotopic (exact) mass is 321 g/mol. The van der Waals surface area contributed by atoms with Crippen LogP contribution in [0.5, 0.6) is 0 Å². The molecule has 0 saturated carbocycles. The third kappa shape index (κ3) is 3.48. The molecule has 0 atom stereocenters. The van der Waals surface area contributed by atoms with Gasteiger partial charge in [-0.25, -0.2) is 0 Å². The number of aromatic nitrogens is 1. The molecule has 0 bridgehead atoms. The molecule has 0 spiro atoms. The number of carbonyl (C=O) groups is 1. The Morgan fingerprint density at radius 3 is 2.57 bits per heavy atom. The minimum Gasteiger partial charge on any atom is -0.341 e. The summed E-state index contributed by atoms with van der Waals surface area (Å²) in [7, 11) is -1.42. The molecule has 3 heteroatoms. The quantitative estimate of drug-likeness (QED) is 0.459. The Hall–Kier alpha value is -2.05. The molecule has 3 rings (SSSR count). The Morgan fingerprint density at radius 1 is 1.13 bits per heavy atom. The Balaban J connectivity index is 2.06. The maximum Gasteiger partial charge on any atom is 0.209 e. The topological polar surface area (TPSA) is 22.0 Å². The molecule has 118 valence electrons. The molecular weight excluding hydrogens is 298 g/mol. The van der Waals surface area contributed by atoms with Gasteiger partial charge in [0.15, 0.2) is 0 Å². The predicted octanol–water partition coefficient (Wildman–Crippen LogP) is 4.28. The van der Waals surface area contributed by atoms with Crippen molar-refractivity contribution in [2.24, 2.45) is 0 Å². The highest BCUT2D eigenvalue weighted by Gasteiger charge is 2.22. The van der Waals surface area contributed by atoms with Crippen LogP contribution in [0, 0.1) is 11.5 Å². The van der Waals surface area contributed by atoms with Gasteiger partial charge in [-0.2, -0.15) is 0 Å². The summed E-state index contributed by atoms with van der Waals surface area (Å²) in [5, 5.41) is 0. The van der Waals surface area contributed by atoms with E-state index in [-0.39, 0.29) is 5.78 Å². The average molecular weight is 321 g/mol. The molecule has 23 heavy (non-hydrogen) atoms. The maximum atomic E-state index is 12.9. The van der Waals surface area contributed by atoms with E-state index < -0.39 is 8.07 Å². The van der Waals surface area contributed by atoms with Crippen molar-refractivity contribution < 1.29 is 4.79 Å². The summed E-state index contributed by atoms with van der Waals surface area (Å²) in [6.07, 6.45) is 3.35. The van der Waals surface area contributed by atoms with Gasteiger partial charge in [-0.3, -0.25) is 4.79 Å². The largest absolute Gasteiger partial charge is 0.341 e. The lowest BCUT2D eigenvalue weighted by Gasteiger charge is -2.18. The van der Waals surface area contributed by atoms with Gasteiger partial charge in [-0.05, 0) is 25.3 Å². The fourth-order valence-electron chi connectivity index (χ4n) is 2.96. The van der Waals surface area contributed by atoms with Crippen LogP contribution in [0.25, 0.3) is 0 Å². The Morgan fingerprint density at radius 2 is 1.87 bits per heavy atom. The van der Waals surface area contributed by atoms with E-state index in [9.17, 15) is 4.79 Å². The zero-order chi connectivity index (χ0) is 16.4. The lowest BCUT2D eigenvalue weighted by Crippen LogP contribution is -2.17. The van der Waals surface area contributed by atoms with Crippen LogP contribution >= 0.6 is 0 Å². The molecule has 1 aromatic heterocycles. The van der Waals surface area contributed by atoms with E-state index in [1.807, 2.05) is 36.4 Å². The van der Waals surface area contributed by atoms with Gasteiger partial charge in [0.1, 0.15) is 8.07 Å². The van der Waals surface area contributed by atoms with Crippen LogP contribution < -0.4 is 0 Å². The fraction of sp³-hybridized carbons (Fsp3) is 0.350. The molecule has 0 aliphatic carbocycles. The fourth-order valence-corrected chi connectivity index (χ4v) is 3.47. The summed E-state index contributed by atoms with van der Waals surface area (Å²) in [6.45, 7) is 7.67. The highest BCUT2D eigenvalue weighted by atomic mass is 28.3. The van der Waals surface area contributed by atoms with Crippen LogP contribution in [0.2, 0.25) is 19.6 Å². The van der Waals surface area contributed by atoms with Crippen LogP contribution in [0.3, 0.4) is 0 Å². The van der Waals surface area contributed by atoms with E-state index in [0.717, 1.165) is 36.2 Å². The summed E-state index contributed by atoms with van der Waals surface area (Å²) in [6, 6.07) is 11.6. The second-order valence-corrected chi connectivity index (χ2v) is 11.9. The number of nitrogens with zero attached hydrogens (tertiary/aromatic N) is 1. The lowest BCUT2D eigenvalue weighted by molar-refractivity contribution is 0.102. The van der Waals surface area contributed by atoms with Crippen molar-refractivity contribution in [1.82, 2.24) is 4.57 Å². The van der Waals surface area contributed by atoms with Gasteiger partial charge in [0, 0.05) is 23.4 Å². The number of carbonyl (C=O) groups excluding carboxylic acids is 1. The van der Waals surface area contributed by atoms with E-state index in [1.54, 1.807) is 0 Å². The van der Waals surface area contributed by atoms with E-state index in [2.05, 4.69) is 35.7 Å². The Kier molecular flexibility index (Phi) is 4.28. The highest BCUT2D eigenvalue weighted by Crippen LogP contribution is 2.25. The van der Waals surface area contributed by atoms with Crippen molar-refractivity contribution in [2.75, 3.05) is 0 Å². The minimum absolute atomic E-state index is 0.106. The van der Waals surface area contributed by atoms with Crippen LogP contribution in [-0.2, 0) is 13.0 Å². The molecule has 0 N–H and O–H groups in total. The molecular formula is C20H23NOSi. The molecule has 0 fully saturated rings. The summed E-state index contributed by atoms with van der Waals surface area (Å²) in [4.78, 5) is 12.9. The van der Waals surface area contributed by atoms with E-state index in [0.29, 0.717) is 0 Å². The predicted molar refractivity (Wildman–Crippen MR) is 97.5 cm³/mol. The van der Waals surface area contributed by atoms with Crippen molar-refractivity contribution in [1.29, 1.82) is 0 Å². The van der Waals surface area contributed by atoms with Gasteiger partial charge in [0.2, 0.25) is 5.78 Å². The zero-order valence-corrected chi connectivity index (χ0v) is 15.1. The van der Waals surface area contributed by atoms with Crippen LogP contribution in [-0.4, -0.2) is 18.4 Å². The molecule has 0 unspecified atom stereocenters. The van der Waals surface area contributed by atoms with Gasteiger partial charge in [-0.1, -0.05) is 55.9 Å². The summed E-state index contributed by atoms with van der Waals surface area (Å²) < 4.78 is 2.20. The molecule has 1 aliphatic heterocycles. The van der Waals surface area contributed by atoms with E-state index in [1.165, 1.54) is 12.1 Å². The molecule has 2 nitrogen and oxygen atoms in total. The normalized spacial score (nSPS) is 13.9. The number of benzene rings is 1. The van der Waals surface area contributed by atoms with Gasteiger partial charge >= 0.3 is 0 Å². The van der Waals surface area contributed by atoms with E-state index in [4.69, 9.17) is 0 Å². The van der Waals surface area contributed by atoms with Gasteiger partial charge in [0.25, 0.3) is 0 Å². The van der Waals surface area contributed by atoms with Crippen LogP contribution in [0.15, 0.2) is 36.4 Å². The Bertz CT molecular complexity index is 785. The molecule has 2 aromatic rings. The average Bonchev–Trinajstić information content (AvgIpc) is 2.91. The number of fused-ring (bicyclic) bond motifs is 1. The van der Waals surface area contributed by atoms with E-state index >= 15 is 0 Å². The standard InChI is InChI=1S/C20H23NOSi/c1-23(2,3)14-12-17-15-19(21-13-8-7-11-18(17)21)20(22)16-9-5-4-6-10-16/h4-6,9-10,15H,7-8,11,13H2,1-3H3. The van der Waals surface area contributed by atoms with Gasteiger partial charge in [0.05, 0.1) is 5.69 Å². The summed E-state index contributed by atoms with van der Waals surface area (Å²) in [5.41, 5.74) is 7.31. The second-order valence-electron chi connectivity index (χ2n) is 7.19. The van der Waals surface area contributed by atoms with Crippen molar-refractivity contribution >= 4 is 13.9 Å². The molecule has 0 amide bonds. The van der Waals surface area contributed by atoms with Gasteiger partial charge in [-0.15, -0.1) is 5.54 Å². The smallest absolute Gasteiger partial charge is 0.209 e. The van der Waals surface area contributed by atoms with Crippen molar-refractivity contribution in [3.8, 4) is 11.5 Å².